The van der Waals surface area contributed by atoms with Crippen LogP contribution in [0.5, 0.6) is 0 Å². The van der Waals surface area contributed by atoms with Crippen LogP contribution in [0, 0.1) is 0 Å². The highest BCUT2D eigenvalue weighted by molar-refractivity contribution is 6.13. The van der Waals surface area contributed by atoms with E-state index in [1.165, 1.54) is 0 Å². The van der Waals surface area contributed by atoms with E-state index >= 15 is 0 Å². The Labute approximate surface area is 269 Å². The summed E-state index contributed by atoms with van der Waals surface area (Å²) in [6.07, 6.45) is 5.32. The molecule has 0 spiro atoms. The van der Waals surface area contributed by atoms with Crippen molar-refractivity contribution < 1.29 is 0 Å². The molecule has 4 heterocycles. The third-order valence-electron chi connectivity index (χ3n) is 8.64. The first-order valence-corrected chi connectivity index (χ1v) is 15.4. The molecule has 0 saturated carbocycles. The molecule has 47 heavy (non-hydrogen) atoms. The van der Waals surface area contributed by atoms with Crippen molar-refractivity contribution in [1.29, 1.82) is 0 Å². The van der Waals surface area contributed by atoms with Crippen LogP contribution >= 0.6 is 0 Å². The van der Waals surface area contributed by atoms with Gasteiger partial charge in [-0.15, -0.1) is 0 Å². The Bertz CT molecular complexity index is 2710. The lowest BCUT2D eigenvalue weighted by molar-refractivity contribution is 0.933. The summed E-state index contributed by atoms with van der Waals surface area (Å²) >= 11 is 0. The first-order valence-electron chi connectivity index (χ1n) is 15.4. The molecule has 0 aliphatic carbocycles. The van der Waals surface area contributed by atoms with Crippen molar-refractivity contribution >= 4 is 55.2 Å². The first-order chi connectivity index (χ1) is 23.2. The second kappa shape index (κ2) is 10.5. The second-order valence-electron chi connectivity index (χ2n) is 11.3. The average molecular weight is 606 g/mol. The molecule has 7 nitrogen and oxygen atoms in total. The monoisotopic (exact) mass is 605 g/mol. The van der Waals surface area contributed by atoms with E-state index in [2.05, 4.69) is 106 Å². The van der Waals surface area contributed by atoms with Gasteiger partial charge in [0.1, 0.15) is 0 Å². The van der Waals surface area contributed by atoms with Crippen LogP contribution in [-0.4, -0.2) is 33.5 Å². The van der Waals surface area contributed by atoms with Gasteiger partial charge in [-0.25, -0.2) is 9.97 Å². The van der Waals surface area contributed by atoms with Crippen LogP contribution in [0.2, 0.25) is 0 Å². The van der Waals surface area contributed by atoms with Crippen LogP contribution < -0.4 is 0 Å². The number of nitrogens with zero attached hydrogens (tertiary/aromatic N) is 7. The highest BCUT2D eigenvalue weighted by Gasteiger charge is 2.22. The van der Waals surface area contributed by atoms with Crippen LogP contribution in [0.3, 0.4) is 0 Å². The van der Waals surface area contributed by atoms with Gasteiger partial charge in [-0.05, 0) is 42.5 Å². The lowest BCUT2D eigenvalue weighted by Gasteiger charge is -2.11. The minimum Gasteiger partial charge on any atom is -0.278 e. The van der Waals surface area contributed by atoms with Gasteiger partial charge in [0.2, 0.25) is 11.7 Å². The summed E-state index contributed by atoms with van der Waals surface area (Å²) in [6.45, 7) is 7.90. The molecule has 0 N–H and O–H groups in total. The minimum absolute atomic E-state index is 0.513. The Morgan fingerprint density at radius 2 is 1.28 bits per heavy atom. The normalized spacial score (nSPS) is 12.1. The van der Waals surface area contributed by atoms with Gasteiger partial charge in [-0.1, -0.05) is 110 Å². The van der Waals surface area contributed by atoms with Crippen molar-refractivity contribution in [3.63, 3.8) is 0 Å². The molecule has 0 aliphatic rings. The van der Waals surface area contributed by atoms with Crippen LogP contribution in [-0.2, 0) is 0 Å². The van der Waals surface area contributed by atoms with Crippen molar-refractivity contribution in [2.24, 2.45) is 0 Å². The maximum atomic E-state index is 5.26. The van der Waals surface area contributed by atoms with Gasteiger partial charge < -0.3 is 0 Å². The molecule has 0 atom stereocenters. The number of imidazole rings is 2. The molecule has 0 saturated heterocycles. The van der Waals surface area contributed by atoms with Crippen molar-refractivity contribution in [2.45, 2.75) is 0 Å². The zero-order valence-electron chi connectivity index (χ0n) is 25.3. The van der Waals surface area contributed by atoms with E-state index in [-0.39, 0.29) is 0 Å². The first kappa shape index (κ1) is 26.8. The summed E-state index contributed by atoms with van der Waals surface area (Å²) in [4.78, 5) is 20.2. The van der Waals surface area contributed by atoms with E-state index in [4.69, 9.17) is 19.9 Å². The zero-order chi connectivity index (χ0) is 31.5. The number of fused-ring (bicyclic) bond motifs is 8. The number of benzene rings is 5. The molecule has 5 aromatic carbocycles. The fourth-order valence-electron chi connectivity index (χ4n) is 6.58. The fraction of sp³-hybridized carbons (Fsp3) is 0. The predicted octanol–water partition coefficient (Wildman–Crippen LogP) is 9.14. The van der Waals surface area contributed by atoms with E-state index in [1.54, 1.807) is 12.2 Å². The van der Waals surface area contributed by atoms with Gasteiger partial charge in [0, 0.05) is 27.6 Å². The van der Waals surface area contributed by atoms with Gasteiger partial charge in [-0.2, -0.15) is 9.97 Å². The van der Waals surface area contributed by atoms with Crippen molar-refractivity contribution in [2.75, 3.05) is 0 Å². The van der Waals surface area contributed by atoms with Crippen LogP contribution in [0.1, 0.15) is 5.82 Å². The Morgan fingerprint density at radius 3 is 2.04 bits per heavy atom. The van der Waals surface area contributed by atoms with E-state index < -0.39 is 0 Å². The second-order valence-corrected chi connectivity index (χ2v) is 11.3. The summed E-state index contributed by atoms with van der Waals surface area (Å²) in [5.41, 5.74) is 8.77. The number of rotatable bonds is 6. The molecule has 0 bridgehead atoms. The third kappa shape index (κ3) is 4.07. The zero-order valence-corrected chi connectivity index (χ0v) is 25.3. The molecule has 0 amide bonds. The van der Waals surface area contributed by atoms with Gasteiger partial charge >= 0.3 is 0 Å². The summed E-state index contributed by atoms with van der Waals surface area (Å²) in [5, 5.41) is 2.18. The molecular weight excluding hydrogens is 578 g/mol. The third-order valence-corrected chi connectivity index (χ3v) is 8.64. The molecule has 7 heteroatoms. The van der Waals surface area contributed by atoms with E-state index in [1.807, 2.05) is 48.5 Å². The fourth-order valence-corrected chi connectivity index (χ4v) is 6.58. The molecule has 9 aromatic rings. The SMILES string of the molecule is C=C/C=C(\C=C)c1nc(-c2ccccc2)nc(-n2c3ccccc3c3cc4c(cc32)nc2n(-c3ccccc3)c3ccccc3n42)n1. The maximum absolute atomic E-state index is 5.26. The van der Waals surface area contributed by atoms with Gasteiger partial charge in [0.15, 0.2) is 11.6 Å². The van der Waals surface area contributed by atoms with E-state index in [0.717, 1.165) is 66.5 Å². The summed E-state index contributed by atoms with van der Waals surface area (Å²) < 4.78 is 6.59. The van der Waals surface area contributed by atoms with E-state index in [9.17, 15) is 0 Å². The molecule has 4 aromatic heterocycles. The van der Waals surface area contributed by atoms with Crippen LogP contribution in [0.4, 0.5) is 0 Å². The molecule has 9 rings (SSSR count). The Hall–Kier alpha value is -6.60. The smallest absolute Gasteiger partial charge is 0.238 e. The largest absolute Gasteiger partial charge is 0.278 e. The molecular formula is C40H27N7. The predicted molar refractivity (Wildman–Crippen MR) is 191 cm³/mol. The average Bonchev–Trinajstić information content (AvgIpc) is 3.76. The summed E-state index contributed by atoms with van der Waals surface area (Å²) in [6, 6.07) is 41.6. The van der Waals surface area contributed by atoms with Crippen LogP contribution in [0.25, 0.3) is 78.2 Å². The van der Waals surface area contributed by atoms with Crippen molar-refractivity contribution in [3.8, 4) is 23.0 Å². The molecule has 0 aliphatic heterocycles. The maximum Gasteiger partial charge on any atom is 0.238 e. The quantitative estimate of drug-likeness (QED) is 0.177. The number of aromatic nitrogens is 7. The lowest BCUT2D eigenvalue weighted by atomic mass is 10.1. The standard InChI is InChI=1S/C40H27N7/c1-3-15-26(4-2)37-42-38(27-16-7-5-8-17-27)44-39(43-37)46-32-21-12-11-20-29(32)30-24-36-31(25-35(30)46)41-40-45(28-18-9-6-10-19-28)33-22-13-14-23-34(33)47(36)40/h3-25H,1-2H2/b26-15+. The summed E-state index contributed by atoms with van der Waals surface area (Å²) in [7, 11) is 0. The number of para-hydroxylation sites is 4. The Kier molecular flexibility index (Phi) is 5.98. The highest BCUT2D eigenvalue weighted by atomic mass is 15.2. The van der Waals surface area contributed by atoms with Crippen molar-refractivity contribution in [1.82, 2.24) is 33.5 Å². The minimum atomic E-state index is 0.513. The van der Waals surface area contributed by atoms with Gasteiger partial charge in [0.05, 0.1) is 33.1 Å². The topological polar surface area (TPSA) is 65.8 Å². The lowest BCUT2D eigenvalue weighted by Crippen LogP contribution is -2.07. The molecule has 222 valence electrons. The number of hydrogen-bond donors (Lipinski definition) is 0. The van der Waals surface area contributed by atoms with Crippen molar-refractivity contribution in [3.05, 3.63) is 159 Å². The number of hydrogen-bond acceptors (Lipinski definition) is 4. The molecule has 0 radical (unpaired) electrons. The Balaban J connectivity index is 1.38. The van der Waals surface area contributed by atoms with Crippen LogP contribution in [0.15, 0.2) is 153 Å². The van der Waals surface area contributed by atoms with Gasteiger partial charge in [0.25, 0.3) is 0 Å². The van der Waals surface area contributed by atoms with Gasteiger partial charge in [-0.3, -0.25) is 13.5 Å². The molecule has 0 fully saturated rings. The highest BCUT2D eigenvalue weighted by Crippen LogP contribution is 2.37. The molecule has 0 unspecified atom stereocenters. The Morgan fingerprint density at radius 1 is 0.574 bits per heavy atom. The summed E-state index contributed by atoms with van der Waals surface area (Å²) in [5.74, 6) is 2.46. The number of allylic oxidation sites excluding steroid dienone is 4. The van der Waals surface area contributed by atoms with E-state index in [0.29, 0.717) is 17.6 Å².